The molecule has 1 aliphatic carbocycles. The topological polar surface area (TPSA) is 75.3 Å². The molecule has 0 aliphatic heterocycles. The fourth-order valence-electron chi connectivity index (χ4n) is 2.55. The van der Waals surface area contributed by atoms with E-state index in [1.165, 1.54) is 13.0 Å². The van der Waals surface area contributed by atoms with Gasteiger partial charge in [0.2, 0.25) is 11.8 Å². The van der Waals surface area contributed by atoms with E-state index < -0.39 is 28.9 Å². The number of ketones is 1. The number of hydrogen-bond acceptors (Lipinski definition) is 3. The molecule has 0 saturated heterocycles. The molecule has 1 saturated carbocycles. The second-order valence-corrected chi connectivity index (χ2v) is 6.25. The lowest BCUT2D eigenvalue weighted by molar-refractivity contribution is -0.131. The summed E-state index contributed by atoms with van der Waals surface area (Å²) in [6, 6.07) is 9.32. The summed E-state index contributed by atoms with van der Waals surface area (Å²) in [5, 5.41) is 5.11. The zero-order valence-electron chi connectivity index (χ0n) is 13.9. The van der Waals surface area contributed by atoms with Gasteiger partial charge in [0.25, 0.3) is 0 Å². The van der Waals surface area contributed by atoms with Crippen molar-refractivity contribution in [2.45, 2.75) is 19.8 Å². The van der Waals surface area contributed by atoms with Crippen molar-refractivity contribution in [3.63, 3.8) is 0 Å². The number of hydrogen-bond donors (Lipinski definition) is 2. The van der Waals surface area contributed by atoms with Gasteiger partial charge < -0.3 is 10.6 Å². The number of rotatable bonds is 5. The van der Waals surface area contributed by atoms with Crippen LogP contribution in [0.3, 0.4) is 0 Å². The van der Waals surface area contributed by atoms with Crippen molar-refractivity contribution in [1.29, 1.82) is 0 Å². The van der Waals surface area contributed by atoms with Crippen LogP contribution >= 0.6 is 0 Å². The van der Waals surface area contributed by atoms with Crippen LogP contribution < -0.4 is 10.6 Å². The summed E-state index contributed by atoms with van der Waals surface area (Å²) >= 11 is 0. The van der Waals surface area contributed by atoms with Crippen molar-refractivity contribution in [1.82, 2.24) is 0 Å². The van der Waals surface area contributed by atoms with Crippen molar-refractivity contribution >= 4 is 29.0 Å². The van der Waals surface area contributed by atoms with Crippen molar-refractivity contribution in [2.24, 2.45) is 5.41 Å². The molecule has 2 aromatic rings. The van der Waals surface area contributed by atoms with Crippen LogP contribution in [0.15, 0.2) is 42.5 Å². The third kappa shape index (κ3) is 3.46. The van der Waals surface area contributed by atoms with Gasteiger partial charge in [0.1, 0.15) is 5.41 Å². The molecule has 0 aromatic heterocycles. The Morgan fingerprint density at radius 2 is 1.38 bits per heavy atom. The average Bonchev–Trinajstić information content (AvgIpc) is 3.40. The van der Waals surface area contributed by atoms with Gasteiger partial charge in [-0.15, -0.1) is 0 Å². The van der Waals surface area contributed by atoms with E-state index in [9.17, 15) is 23.2 Å². The number of halogens is 2. The first-order chi connectivity index (χ1) is 12.3. The summed E-state index contributed by atoms with van der Waals surface area (Å²) in [7, 11) is 0. The van der Waals surface area contributed by atoms with E-state index >= 15 is 0 Å². The standard InChI is InChI=1S/C19H16F2N2O3/c1-11(24)12-2-4-13(5-3-12)22-17(25)19(8-9-19)18(26)23-14-6-7-15(20)16(21)10-14/h2-7,10H,8-9H2,1H3,(H,22,25)(H,23,26). The summed E-state index contributed by atoms with van der Waals surface area (Å²) in [4.78, 5) is 36.2. The molecule has 5 nitrogen and oxygen atoms in total. The Hall–Kier alpha value is -3.09. The van der Waals surface area contributed by atoms with Crippen molar-refractivity contribution in [3.05, 3.63) is 59.7 Å². The van der Waals surface area contributed by atoms with Crippen molar-refractivity contribution in [2.75, 3.05) is 10.6 Å². The fraction of sp³-hybridized carbons (Fsp3) is 0.211. The Morgan fingerprint density at radius 3 is 1.88 bits per heavy atom. The van der Waals surface area contributed by atoms with Crippen LogP contribution in [0.25, 0.3) is 0 Å². The van der Waals surface area contributed by atoms with Gasteiger partial charge in [-0.1, -0.05) is 0 Å². The van der Waals surface area contributed by atoms with E-state index in [2.05, 4.69) is 10.6 Å². The molecule has 0 heterocycles. The van der Waals surface area contributed by atoms with E-state index in [1.807, 2.05) is 0 Å². The molecule has 0 atom stereocenters. The second-order valence-electron chi connectivity index (χ2n) is 6.25. The quantitative estimate of drug-likeness (QED) is 0.634. The highest BCUT2D eigenvalue weighted by Crippen LogP contribution is 2.47. The molecule has 2 amide bonds. The van der Waals surface area contributed by atoms with Crippen molar-refractivity contribution < 1.29 is 23.2 Å². The maximum absolute atomic E-state index is 13.2. The summed E-state index contributed by atoms with van der Waals surface area (Å²) in [5.41, 5.74) is -0.171. The molecule has 2 aromatic carbocycles. The molecule has 1 fully saturated rings. The maximum Gasteiger partial charge on any atom is 0.240 e. The van der Waals surface area contributed by atoms with E-state index in [0.29, 0.717) is 24.1 Å². The van der Waals surface area contributed by atoms with Gasteiger partial charge in [-0.3, -0.25) is 14.4 Å². The molecule has 0 unspecified atom stereocenters. The molecule has 2 N–H and O–H groups in total. The third-order valence-electron chi connectivity index (χ3n) is 4.35. The molecular weight excluding hydrogens is 342 g/mol. The Labute approximate surface area is 148 Å². The van der Waals surface area contributed by atoms with Crippen molar-refractivity contribution in [3.8, 4) is 0 Å². The summed E-state index contributed by atoms with van der Waals surface area (Å²) in [6.45, 7) is 1.44. The zero-order chi connectivity index (χ0) is 18.9. The van der Waals surface area contributed by atoms with E-state index in [1.54, 1.807) is 24.3 Å². The van der Waals surface area contributed by atoms with Gasteiger partial charge in [-0.2, -0.15) is 0 Å². The van der Waals surface area contributed by atoms with Crippen LogP contribution in [0.4, 0.5) is 20.2 Å². The van der Waals surface area contributed by atoms with Gasteiger partial charge in [-0.25, -0.2) is 8.78 Å². The molecular formula is C19H16F2N2O3. The summed E-state index contributed by atoms with van der Waals surface area (Å²) < 4.78 is 26.2. The molecule has 26 heavy (non-hydrogen) atoms. The van der Waals surface area contributed by atoms with Gasteiger partial charge in [0, 0.05) is 23.0 Å². The zero-order valence-corrected chi connectivity index (χ0v) is 13.9. The van der Waals surface area contributed by atoms with Crippen LogP contribution in [0, 0.1) is 17.0 Å². The lowest BCUT2D eigenvalue weighted by Gasteiger charge is -2.15. The first-order valence-electron chi connectivity index (χ1n) is 8.01. The number of nitrogens with one attached hydrogen (secondary N) is 2. The number of Topliss-reactive ketones (excluding diaryl/α,β-unsaturated/α-hetero) is 1. The number of carbonyl (C=O) groups is 3. The molecule has 0 spiro atoms. The number of anilines is 2. The first-order valence-corrected chi connectivity index (χ1v) is 8.01. The normalized spacial score (nSPS) is 14.4. The average molecular weight is 358 g/mol. The summed E-state index contributed by atoms with van der Waals surface area (Å²) in [5.74, 6) is -3.24. The Kier molecular flexibility index (Phi) is 4.54. The molecule has 1 aliphatic rings. The largest absolute Gasteiger partial charge is 0.325 e. The predicted molar refractivity (Wildman–Crippen MR) is 91.7 cm³/mol. The Bertz CT molecular complexity index is 890. The lowest BCUT2D eigenvalue weighted by atomic mass is 10.0. The molecule has 0 bridgehead atoms. The Balaban J connectivity index is 1.69. The SMILES string of the molecule is CC(=O)c1ccc(NC(=O)C2(C(=O)Nc3ccc(F)c(F)c3)CC2)cc1. The molecule has 7 heteroatoms. The highest BCUT2D eigenvalue weighted by atomic mass is 19.2. The van der Waals surface area contributed by atoms with Crippen LogP contribution in [0.2, 0.25) is 0 Å². The monoisotopic (exact) mass is 358 g/mol. The minimum atomic E-state index is -1.23. The first kappa shape index (κ1) is 17.7. The highest BCUT2D eigenvalue weighted by molar-refractivity contribution is 6.17. The van der Waals surface area contributed by atoms with Gasteiger partial charge in [0.05, 0.1) is 0 Å². The third-order valence-corrected chi connectivity index (χ3v) is 4.35. The molecule has 134 valence electrons. The van der Waals surface area contributed by atoms with Gasteiger partial charge in [0.15, 0.2) is 17.4 Å². The van der Waals surface area contributed by atoms with Crippen LogP contribution in [0.1, 0.15) is 30.1 Å². The van der Waals surface area contributed by atoms with E-state index in [-0.39, 0.29) is 11.5 Å². The number of carbonyl (C=O) groups excluding carboxylic acids is 3. The Morgan fingerprint density at radius 1 is 0.846 bits per heavy atom. The maximum atomic E-state index is 13.2. The predicted octanol–water partition coefficient (Wildman–Crippen LogP) is 3.52. The van der Waals surface area contributed by atoms with Gasteiger partial charge >= 0.3 is 0 Å². The summed E-state index contributed by atoms with van der Waals surface area (Å²) in [6.07, 6.45) is 0.722. The smallest absolute Gasteiger partial charge is 0.240 e. The van der Waals surface area contributed by atoms with Crippen LogP contribution in [-0.4, -0.2) is 17.6 Å². The van der Waals surface area contributed by atoms with E-state index in [4.69, 9.17) is 0 Å². The highest BCUT2D eigenvalue weighted by Gasteiger charge is 2.56. The van der Waals surface area contributed by atoms with Crippen LogP contribution in [0.5, 0.6) is 0 Å². The molecule has 3 rings (SSSR count). The number of benzene rings is 2. The molecule has 0 radical (unpaired) electrons. The minimum Gasteiger partial charge on any atom is -0.325 e. The van der Waals surface area contributed by atoms with E-state index in [0.717, 1.165) is 12.1 Å². The van der Waals surface area contributed by atoms with Gasteiger partial charge in [-0.05, 0) is 56.2 Å². The fourth-order valence-corrected chi connectivity index (χ4v) is 2.55. The second kappa shape index (κ2) is 6.67. The lowest BCUT2D eigenvalue weighted by Crippen LogP contribution is -2.35. The minimum absolute atomic E-state index is 0.0822. The number of amides is 2. The van der Waals surface area contributed by atoms with Crippen LogP contribution in [-0.2, 0) is 9.59 Å².